The van der Waals surface area contributed by atoms with E-state index in [0.717, 1.165) is 5.56 Å². The van der Waals surface area contributed by atoms with Crippen LogP contribution in [0.1, 0.15) is 38.8 Å². The van der Waals surface area contributed by atoms with Crippen LogP contribution in [0.3, 0.4) is 0 Å². The van der Waals surface area contributed by atoms with Crippen LogP contribution in [0.2, 0.25) is 5.02 Å². The van der Waals surface area contributed by atoms with E-state index in [9.17, 15) is 9.00 Å². The van der Waals surface area contributed by atoms with E-state index < -0.39 is 16.0 Å². The van der Waals surface area contributed by atoms with Crippen molar-refractivity contribution < 1.29 is 9.00 Å². The number of rotatable bonds is 5. The summed E-state index contributed by atoms with van der Waals surface area (Å²) in [7, 11) is -1.32. The molecule has 0 bridgehead atoms. The van der Waals surface area contributed by atoms with Crippen molar-refractivity contribution in [3.8, 4) is 0 Å². The molecule has 2 rings (SSSR count). The Balaban J connectivity index is 1.98. The second-order valence-electron chi connectivity index (χ2n) is 7.11. The number of amides is 1. The zero-order chi connectivity index (χ0) is 18.6. The molecule has 0 radical (unpaired) electrons. The molecule has 1 N–H and O–H groups in total. The van der Waals surface area contributed by atoms with Gasteiger partial charge in [-0.25, -0.2) is 0 Å². The van der Waals surface area contributed by atoms with Crippen molar-refractivity contribution in [2.45, 2.75) is 44.1 Å². The zero-order valence-electron chi connectivity index (χ0n) is 15.0. The lowest BCUT2D eigenvalue weighted by molar-refractivity contribution is -0.115. The Kier molecular flexibility index (Phi) is 6.42. The number of hydrogen-bond acceptors (Lipinski definition) is 2. The van der Waals surface area contributed by atoms with Crippen LogP contribution in [-0.4, -0.2) is 15.4 Å². The lowest BCUT2D eigenvalue weighted by Crippen LogP contribution is -2.29. The molecule has 3 nitrogen and oxygen atoms in total. The van der Waals surface area contributed by atoms with Gasteiger partial charge in [-0.3, -0.25) is 9.00 Å². The zero-order valence-corrected chi connectivity index (χ0v) is 16.6. The summed E-state index contributed by atoms with van der Waals surface area (Å²) in [4.78, 5) is 12.4. The van der Waals surface area contributed by atoms with E-state index >= 15 is 0 Å². The quantitative estimate of drug-likeness (QED) is 0.804. The van der Waals surface area contributed by atoms with Gasteiger partial charge in [0.25, 0.3) is 0 Å². The predicted molar refractivity (Wildman–Crippen MR) is 107 cm³/mol. The summed E-state index contributed by atoms with van der Waals surface area (Å²) in [5, 5.41) is 2.83. The minimum absolute atomic E-state index is 0.0638. The molecule has 0 aliphatic rings. The molecule has 5 heteroatoms. The van der Waals surface area contributed by atoms with E-state index in [1.165, 1.54) is 5.56 Å². The van der Waals surface area contributed by atoms with Crippen LogP contribution in [-0.2, 0) is 26.8 Å². The first-order valence-corrected chi connectivity index (χ1v) is 9.96. The molecule has 1 amide bonds. The minimum Gasteiger partial charge on any atom is -0.325 e. The Morgan fingerprint density at radius 1 is 1.16 bits per heavy atom. The van der Waals surface area contributed by atoms with Crippen LogP contribution in [0.5, 0.6) is 0 Å². The summed E-state index contributed by atoms with van der Waals surface area (Å²) in [6, 6.07) is 15.0. The maximum atomic E-state index is 12.4. The molecule has 0 heterocycles. The van der Waals surface area contributed by atoms with Crippen molar-refractivity contribution >= 4 is 34.0 Å². The number of carbonyl (C=O) groups is 1. The molecule has 2 atom stereocenters. The number of nitrogens with one attached hydrogen (secondary N) is 1. The van der Waals surface area contributed by atoms with Crippen molar-refractivity contribution in [1.29, 1.82) is 0 Å². The molecule has 25 heavy (non-hydrogen) atoms. The SMILES string of the molecule is C[C@H](C(=O)Nc1ccc(C(C)(C)C)cc1)[S@@](=O)Cc1cccc(Cl)c1. The average molecular weight is 378 g/mol. The molecule has 2 aromatic rings. The summed E-state index contributed by atoms with van der Waals surface area (Å²) < 4.78 is 12.4. The van der Waals surface area contributed by atoms with Gasteiger partial charge in [0.1, 0.15) is 5.25 Å². The second kappa shape index (κ2) is 8.15. The Morgan fingerprint density at radius 2 is 1.80 bits per heavy atom. The van der Waals surface area contributed by atoms with Crippen LogP contribution >= 0.6 is 11.6 Å². The van der Waals surface area contributed by atoms with Gasteiger partial charge in [0.2, 0.25) is 5.91 Å². The maximum Gasteiger partial charge on any atom is 0.239 e. The Bertz CT molecular complexity index is 766. The summed E-state index contributed by atoms with van der Waals surface area (Å²) in [5.41, 5.74) is 2.83. The second-order valence-corrected chi connectivity index (χ2v) is 9.31. The topological polar surface area (TPSA) is 46.2 Å². The van der Waals surface area contributed by atoms with Crippen molar-refractivity contribution in [2.75, 3.05) is 5.32 Å². The van der Waals surface area contributed by atoms with Crippen molar-refractivity contribution in [2.24, 2.45) is 0 Å². The third-order valence-corrected chi connectivity index (χ3v) is 5.84. The molecule has 0 aliphatic carbocycles. The highest BCUT2D eigenvalue weighted by Gasteiger charge is 2.21. The van der Waals surface area contributed by atoms with Gasteiger partial charge < -0.3 is 5.32 Å². The van der Waals surface area contributed by atoms with E-state index in [1.54, 1.807) is 19.1 Å². The van der Waals surface area contributed by atoms with Crippen LogP contribution in [0.15, 0.2) is 48.5 Å². The Hall–Kier alpha value is -1.65. The average Bonchev–Trinajstić information content (AvgIpc) is 2.53. The molecule has 0 fully saturated rings. The number of anilines is 1. The third-order valence-electron chi connectivity index (χ3n) is 3.98. The van der Waals surface area contributed by atoms with Crippen LogP contribution in [0, 0.1) is 0 Å². The first-order chi connectivity index (χ1) is 11.7. The van der Waals surface area contributed by atoms with Crippen molar-refractivity contribution in [3.05, 3.63) is 64.7 Å². The van der Waals surface area contributed by atoms with E-state index in [1.807, 2.05) is 36.4 Å². The molecular weight excluding hydrogens is 354 g/mol. The lowest BCUT2D eigenvalue weighted by Gasteiger charge is -2.19. The van der Waals surface area contributed by atoms with E-state index in [2.05, 4.69) is 26.1 Å². The summed E-state index contributed by atoms with van der Waals surface area (Å²) in [5.74, 6) is 0.0573. The first kappa shape index (κ1) is 19.7. The van der Waals surface area contributed by atoms with Crippen LogP contribution in [0.25, 0.3) is 0 Å². The fourth-order valence-electron chi connectivity index (χ4n) is 2.33. The monoisotopic (exact) mass is 377 g/mol. The first-order valence-electron chi connectivity index (χ1n) is 8.20. The molecule has 0 aromatic heterocycles. The number of halogens is 1. The molecule has 0 aliphatic heterocycles. The van der Waals surface area contributed by atoms with Crippen molar-refractivity contribution in [1.82, 2.24) is 0 Å². The molecule has 0 saturated carbocycles. The fraction of sp³-hybridized carbons (Fsp3) is 0.350. The van der Waals surface area contributed by atoms with Crippen LogP contribution < -0.4 is 5.32 Å². The molecule has 2 aromatic carbocycles. The highest BCUT2D eigenvalue weighted by atomic mass is 35.5. The largest absolute Gasteiger partial charge is 0.325 e. The van der Waals surface area contributed by atoms with Gasteiger partial charge in [-0.05, 0) is 47.7 Å². The maximum absolute atomic E-state index is 12.4. The van der Waals surface area contributed by atoms with Crippen molar-refractivity contribution in [3.63, 3.8) is 0 Å². The summed E-state index contributed by atoms with van der Waals surface area (Å²) in [6.45, 7) is 8.10. The van der Waals surface area contributed by atoms with Gasteiger partial charge in [0, 0.05) is 27.3 Å². The molecular formula is C20H24ClNO2S. The lowest BCUT2D eigenvalue weighted by atomic mass is 9.87. The number of benzene rings is 2. The normalized spacial score (nSPS) is 14.0. The number of carbonyl (C=O) groups excluding carboxylic acids is 1. The smallest absolute Gasteiger partial charge is 0.239 e. The van der Waals surface area contributed by atoms with Gasteiger partial charge in [-0.1, -0.05) is 56.6 Å². The van der Waals surface area contributed by atoms with E-state index in [4.69, 9.17) is 11.6 Å². The Labute approximate surface area is 157 Å². The molecule has 0 spiro atoms. The van der Waals surface area contributed by atoms with Crippen LogP contribution in [0.4, 0.5) is 5.69 Å². The van der Waals surface area contributed by atoms with E-state index in [-0.39, 0.29) is 11.3 Å². The fourth-order valence-corrected chi connectivity index (χ4v) is 3.60. The summed E-state index contributed by atoms with van der Waals surface area (Å²) in [6.07, 6.45) is 0. The highest BCUT2D eigenvalue weighted by Crippen LogP contribution is 2.23. The minimum atomic E-state index is -1.32. The van der Waals surface area contributed by atoms with Gasteiger partial charge in [-0.15, -0.1) is 0 Å². The van der Waals surface area contributed by atoms with Gasteiger partial charge in [-0.2, -0.15) is 0 Å². The van der Waals surface area contributed by atoms with E-state index in [0.29, 0.717) is 16.5 Å². The molecule has 134 valence electrons. The van der Waals surface area contributed by atoms with Gasteiger partial charge in [0.15, 0.2) is 0 Å². The molecule has 0 saturated heterocycles. The van der Waals surface area contributed by atoms with Gasteiger partial charge >= 0.3 is 0 Å². The Morgan fingerprint density at radius 3 is 2.36 bits per heavy atom. The standard InChI is InChI=1S/C20H24ClNO2S/c1-14(25(24)13-15-6-5-7-17(21)12-15)19(23)22-18-10-8-16(9-11-18)20(2,3)4/h5-12,14H,13H2,1-4H3,(H,22,23)/t14-,25+/m1/s1. The summed E-state index contributed by atoms with van der Waals surface area (Å²) >= 11 is 5.94. The predicted octanol–water partition coefficient (Wildman–Crippen LogP) is 4.91. The third kappa shape index (κ3) is 5.68. The van der Waals surface area contributed by atoms with Gasteiger partial charge in [0.05, 0.1) is 0 Å². The molecule has 0 unspecified atom stereocenters. The highest BCUT2D eigenvalue weighted by molar-refractivity contribution is 7.85. The number of hydrogen-bond donors (Lipinski definition) is 1.